The molecule has 0 fully saturated rings. The molecule has 1 aromatic heterocycles. The lowest BCUT2D eigenvalue weighted by Gasteiger charge is -2.08. The highest BCUT2D eigenvalue weighted by atomic mass is 79.9. The summed E-state index contributed by atoms with van der Waals surface area (Å²) in [7, 11) is 0. The Bertz CT molecular complexity index is 428. The average Bonchev–Trinajstić information content (AvgIpc) is 2.24. The number of anilines is 2. The number of nitrogens with one attached hydrogen (secondary N) is 1. The number of hydrogen-bond acceptors (Lipinski definition) is 2. The van der Waals surface area contributed by atoms with Gasteiger partial charge in [-0.15, -0.1) is 0 Å². The van der Waals surface area contributed by atoms with Gasteiger partial charge in [-0.3, -0.25) is 0 Å². The predicted octanol–water partition coefficient (Wildman–Crippen LogP) is 4.35. The summed E-state index contributed by atoms with van der Waals surface area (Å²) in [6.07, 6.45) is 1.75. The molecule has 0 aliphatic carbocycles. The molecule has 0 radical (unpaired) electrons. The normalized spacial score (nSPS) is 10.0. The molecule has 2 rings (SSSR count). The summed E-state index contributed by atoms with van der Waals surface area (Å²) in [5, 5.41) is 3.24. The van der Waals surface area contributed by atoms with Crippen LogP contribution >= 0.6 is 31.9 Å². The third kappa shape index (κ3) is 2.58. The number of halogens is 2. The highest BCUT2D eigenvalue weighted by Crippen LogP contribution is 2.27. The van der Waals surface area contributed by atoms with Gasteiger partial charge in [0.25, 0.3) is 0 Å². The zero-order chi connectivity index (χ0) is 10.7. The van der Waals surface area contributed by atoms with Crippen molar-refractivity contribution in [2.24, 2.45) is 0 Å². The van der Waals surface area contributed by atoms with Crippen molar-refractivity contribution >= 4 is 43.4 Å². The summed E-state index contributed by atoms with van der Waals surface area (Å²) >= 11 is 6.91. The number of pyridine rings is 1. The van der Waals surface area contributed by atoms with E-state index >= 15 is 0 Å². The fourth-order valence-electron chi connectivity index (χ4n) is 1.17. The summed E-state index contributed by atoms with van der Waals surface area (Å²) in [5.41, 5.74) is 0.997. The van der Waals surface area contributed by atoms with Gasteiger partial charge in [0.1, 0.15) is 5.82 Å². The van der Waals surface area contributed by atoms with Gasteiger partial charge in [0.15, 0.2) is 0 Å². The fraction of sp³-hybridized carbons (Fsp3) is 0. The zero-order valence-electron chi connectivity index (χ0n) is 7.74. The van der Waals surface area contributed by atoms with Crippen molar-refractivity contribution < 1.29 is 0 Å². The van der Waals surface area contributed by atoms with Crippen LogP contribution < -0.4 is 5.32 Å². The maximum Gasteiger partial charge on any atom is 0.144 e. The van der Waals surface area contributed by atoms with E-state index in [1.807, 2.05) is 36.4 Å². The molecule has 0 saturated heterocycles. The van der Waals surface area contributed by atoms with Crippen LogP contribution in [0.5, 0.6) is 0 Å². The van der Waals surface area contributed by atoms with Crippen LogP contribution in [0.1, 0.15) is 0 Å². The summed E-state index contributed by atoms with van der Waals surface area (Å²) in [4.78, 5) is 4.24. The molecular formula is C11H8Br2N2. The van der Waals surface area contributed by atoms with Crippen LogP contribution in [0.25, 0.3) is 0 Å². The Morgan fingerprint density at radius 1 is 0.933 bits per heavy atom. The first kappa shape index (κ1) is 10.6. The van der Waals surface area contributed by atoms with Gasteiger partial charge in [0.05, 0.1) is 10.2 Å². The Balaban J connectivity index is 2.30. The number of nitrogens with zero attached hydrogens (tertiary/aromatic N) is 1. The minimum atomic E-state index is 0.810. The highest BCUT2D eigenvalue weighted by molar-refractivity contribution is 9.11. The zero-order valence-corrected chi connectivity index (χ0v) is 10.9. The Kier molecular flexibility index (Phi) is 3.38. The van der Waals surface area contributed by atoms with Crippen LogP contribution in [0.15, 0.2) is 51.5 Å². The van der Waals surface area contributed by atoms with E-state index in [-0.39, 0.29) is 0 Å². The van der Waals surface area contributed by atoms with Crippen molar-refractivity contribution in [1.82, 2.24) is 4.98 Å². The topological polar surface area (TPSA) is 24.9 Å². The van der Waals surface area contributed by atoms with Crippen LogP contribution in [0.2, 0.25) is 0 Å². The number of para-hydroxylation sites is 1. The minimum Gasteiger partial charge on any atom is -0.338 e. The summed E-state index contributed by atoms with van der Waals surface area (Å²) < 4.78 is 1.96. The van der Waals surface area contributed by atoms with E-state index in [2.05, 4.69) is 42.2 Å². The lowest BCUT2D eigenvalue weighted by atomic mass is 10.3. The van der Waals surface area contributed by atoms with Crippen molar-refractivity contribution in [3.63, 3.8) is 0 Å². The van der Waals surface area contributed by atoms with Crippen molar-refractivity contribution in [2.45, 2.75) is 0 Å². The summed E-state index contributed by atoms with van der Waals surface area (Å²) in [6, 6.07) is 11.8. The van der Waals surface area contributed by atoms with Gasteiger partial charge >= 0.3 is 0 Å². The monoisotopic (exact) mass is 326 g/mol. The Morgan fingerprint density at radius 3 is 2.40 bits per heavy atom. The fourth-order valence-corrected chi connectivity index (χ4v) is 1.91. The molecule has 0 saturated carbocycles. The first-order valence-electron chi connectivity index (χ1n) is 4.39. The molecule has 0 aliphatic rings. The van der Waals surface area contributed by atoms with Gasteiger partial charge in [-0.05, 0) is 56.1 Å². The molecule has 76 valence electrons. The first-order chi connectivity index (χ1) is 7.27. The van der Waals surface area contributed by atoms with Crippen molar-refractivity contribution in [3.05, 3.63) is 51.5 Å². The molecule has 0 atom stereocenters. The van der Waals surface area contributed by atoms with E-state index in [4.69, 9.17) is 0 Å². The van der Waals surface area contributed by atoms with Gasteiger partial charge in [0, 0.05) is 10.7 Å². The second kappa shape index (κ2) is 4.77. The average molecular weight is 328 g/mol. The molecule has 1 aromatic carbocycles. The van der Waals surface area contributed by atoms with E-state index < -0.39 is 0 Å². The molecule has 2 nitrogen and oxygen atoms in total. The van der Waals surface area contributed by atoms with Crippen molar-refractivity contribution in [3.8, 4) is 0 Å². The van der Waals surface area contributed by atoms with Crippen LogP contribution in [0.4, 0.5) is 11.5 Å². The van der Waals surface area contributed by atoms with Crippen molar-refractivity contribution in [1.29, 1.82) is 0 Å². The molecule has 2 aromatic rings. The largest absolute Gasteiger partial charge is 0.338 e. The standard InChI is InChI=1S/C11H8Br2N2/c12-8-4-1-2-6-10(8)15-11-9(13)5-3-7-14-11/h1-7H,(H,14,15). The molecule has 0 spiro atoms. The molecule has 0 unspecified atom stereocenters. The van der Waals surface area contributed by atoms with Gasteiger partial charge in [-0.2, -0.15) is 0 Å². The van der Waals surface area contributed by atoms with Gasteiger partial charge in [-0.25, -0.2) is 4.98 Å². The maximum atomic E-state index is 4.24. The molecule has 4 heteroatoms. The van der Waals surface area contributed by atoms with E-state index in [1.54, 1.807) is 6.20 Å². The second-order valence-corrected chi connectivity index (χ2v) is 4.65. The van der Waals surface area contributed by atoms with Gasteiger partial charge in [-0.1, -0.05) is 12.1 Å². The summed E-state index contributed by atoms with van der Waals surface area (Å²) in [5.74, 6) is 0.810. The second-order valence-electron chi connectivity index (χ2n) is 2.94. The number of benzene rings is 1. The van der Waals surface area contributed by atoms with E-state index in [1.165, 1.54) is 0 Å². The lowest BCUT2D eigenvalue weighted by molar-refractivity contribution is 1.29. The van der Waals surface area contributed by atoms with Crippen LogP contribution in [0, 0.1) is 0 Å². The number of aromatic nitrogens is 1. The van der Waals surface area contributed by atoms with Crippen LogP contribution in [0.3, 0.4) is 0 Å². The Labute approximate surface area is 105 Å². The highest BCUT2D eigenvalue weighted by Gasteiger charge is 2.02. The van der Waals surface area contributed by atoms with Gasteiger partial charge < -0.3 is 5.32 Å². The van der Waals surface area contributed by atoms with Crippen molar-refractivity contribution in [2.75, 3.05) is 5.32 Å². The smallest absolute Gasteiger partial charge is 0.144 e. The molecule has 0 bridgehead atoms. The summed E-state index contributed by atoms with van der Waals surface area (Å²) in [6.45, 7) is 0. The molecule has 0 aliphatic heterocycles. The SMILES string of the molecule is Brc1ccccc1Nc1ncccc1Br. The first-order valence-corrected chi connectivity index (χ1v) is 5.98. The van der Waals surface area contributed by atoms with E-state index in [9.17, 15) is 0 Å². The molecule has 15 heavy (non-hydrogen) atoms. The number of hydrogen-bond donors (Lipinski definition) is 1. The number of rotatable bonds is 2. The van der Waals surface area contributed by atoms with Crippen LogP contribution in [-0.2, 0) is 0 Å². The van der Waals surface area contributed by atoms with E-state index in [0.29, 0.717) is 0 Å². The van der Waals surface area contributed by atoms with Gasteiger partial charge in [0.2, 0.25) is 0 Å². The molecule has 0 amide bonds. The third-order valence-corrected chi connectivity index (χ3v) is 3.22. The van der Waals surface area contributed by atoms with Crippen LogP contribution in [-0.4, -0.2) is 4.98 Å². The molecule has 1 N–H and O–H groups in total. The lowest BCUT2D eigenvalue weighted by Crippen LogP contribution is -1.94. The Hall–Kier alpha value is -0.870. The third-order valence-electron chi connectivity index (χ3n) is 1.89. The molecule has 1 heterocycles. The van der Waals surface area contributed by atoms with E-state index in [0.717, 1.165) is 20.5 Å². The minimum absolute atomic E-state index is 0.810. The Morgan fingerprint density at radius 2 is 1.67 bits per heavy atom. The maximum absolute atomic E-state index is 4.24. The predicted molar refractivity (Wildman–Crippen MR) is 69.4 cm³/mol. The quantitative estimate of drug-likeness (QED) is 0.887. The molecular weight excluding hydrogens is 320 g/mol.